The first-order chi connectivity index (χ1) is 20.9. The van der Waals surface area contributed by atoms with E-state index >= 15 is 0 Å². The van der Waals surface area contributed by atoms with E-state index < -0.39 is 0 Å². The third-order valence-corrected chi connectivity index (χ3v) is 11.7. The molecule has 3 heteroatoms. The predicted octanol–water partition coefficient (Wildman–Crippen LogP) is 10.0. The van der Waals surface area contributed by atoms with E-state index in [1.807, 2.05) is 11.3 Å². The van der Waals surface area contributed by atoms with Gasteiger partial charge in [0.1, 0.15) is 0 Å². The Balaban J connectivity index is 1.63. The Morgan fingerprint density at radius 1 is 0.644 bits per heavy atom. The standard InChI is InChI=1S/C42H48BNS/c1-25-13-20-35-30(21-25)37-38(45-35)43-33-23-27(40(5,6)7)16-19-31(33)42(11,12)32-22-28(41(8,9)10)24-34(36(32)43)44(37)29-17-14-26(15-18-29)39(2,3)4/h13-24H,1-12H3. The number of aryl methyl sites for hydroxylation is 1. The van der Waals surface area contributed by atoms with Crippen molar-refractivity contribution in [2.75, 3.05) is 4.90 Å². The van der Waals surface area contributed by atoms with Gasteiger partial charge in [0.25, 0.3) is 6.71 Å². The Hall–Kier alpha value is -3.30. The van der Waals surface area contributed by atoms with Crippen LogP contribution in [0.2, 0.25) is 0 Å². The molecule has 45 heavy (non-hydrogen) atoms. The molecule has 0 amide bonds. The Kier molecular flexibility index (Phi) is 6.49. The Morgan fingerprint density at radius 3 is 1.89 bits per heavy atom. The van der Waals surface area contributed by atoms with Crippen molar-refractivity contribution in [1.82, 2.24) is 0 Å². The largest absolute Gasteiger partial charge is 0.310 e. The molecule has 0 saturated carbocycles. The van der Waals surface area contributed by atoms with E-state index in [0.29, 0.717) is 0 Å². The van der Waals surface area contributed by atoms with Crippen molar-refractivity contribution < 1.29 is 0 Å². The summed E-state index contributed by atoms with van der Waals surface area (Å²) in [5.74, 6) is 0. The number of nitrogens with zero attached hydrogens (tertiary/aromatic N) is 1. The fraction of sp³-hybridized carbons (Fsp3) is 0.381. The number of hydrogen-bond donors (Lipinski definition) is 0. The van der Waals surface area contributed by atoms with Gasteiger partial charge >= 0.3 is 0 Å². The molecule has 0 aliphatic carbocycles. The highest BCUT2D eigenvalue weighted by Crippen LogP contribution is 2.48. The highest BCUT2D eigenvalue weighted by Gasteiger charge is 2.48. The number of thiophene rings is 1. The Labute approximate surface area is 275 Å². The average molecular weight is 610 g/mol. The molecule has 2 aliphatic rings. The van der Waals surface area contributed by atoms with E-state index in [-0.39, 0.29) is 28.4 Å². The molecule has 1 aromatic heterocycles. The average Bonchev–Trinajstić information content (AvgIpc) is 3.31. The minimum Gasteiger partial charge on any atom is -0.310 e. The van der Waals surface area contributed by atoms with Crippen LogP contribution >= 0.6 is 11.3 Å². The minimum atomic E-state index is -0.125. The number of hydrogen-bond acceptors (Lipinski definition) is 2. The van der Waals surface area contributed by atoms with Crippen molar-refractivity contribution in [3.05, 3.63) is 106 Å². The molecule has 2 aliphatic heterocycles. The van der Waals surface area contributed by atoms with Crippen molar-refractivity contribution in [3.63, 3.8) is 0 Å². The van der Waals surface area contributed by atoms with Gasteiger partial charge in [-0.3, -0.25) is 0 Å². The van der Waals surface area contributed by atoms with E-state index in [1.165, 1.54) is 76.2 Å². The summed E-state index contributed by atoms with van der Waals surface area (Å²) in [5.41, 5.74) is 15.4. The smallest absolute Gasteiger partial charge is 0.260 e. The fourth-order valence-corrected chi connectivity index (χ4v) is 8.93. The minimum absolute atomic E-state index is 0.0167. The van der Waals surface area contributed by atoms with E-state index in [4.69, 9.17) is 0 Å². The van der Waals surface area contributed by atoms with E-state index in [2.05, 4.69) is 161 Å². The van der Waals surface area contributed by atoms with E-state index in [0.717, 1.165) is 0 Å². The van der Waals surface area contributed by atoms with Crippen LogP contribution in [0.1, 0.15) is 110 Å². The first-order valence-corrected chi connectivity index (χ1v) is 17.5. The second kappa shape index (κ2) is 9.61. The van der Waals surface area contributed by atoms with Gasteiger partial charge in [-0.25, -0.2) is 0 Å². The summed E-state index contributed by atoms with van der Waals surface area (Å²) in [6.07, 6.45) is 0. The molecule has 4 aromatic carbocycles. The van der Waals surface area contributed by atoms with Crippen LogP contribution in [0.3, 0.4) is 0 Å². The molecule has 0 unspecified atom stereocenters. The molecule has 0 bridgehead atoms. The highest BCUT2D eigenvalue weighted by molar-refractivity contribution is 7.33. The molecule has 0 fully saturated rings. The van der Waals surface area contributed by atoms with Gasteiger partial charge in [-0.05, 0) is 86.8 Å². The maximum absolute atomic E-state index is 2.62. The molecule has 0 N–H and O–H groups in total. The molecule has 230 valence electrons. The van der Waals surface area contributed by atoms with Crippen LogP contribution in [0, 0.1) is 6.92 Å². The van der Waals surface area contributed by atoms with E-state index in [9.17, 15) is 0 Å². The molecule has 0 radical (unpaired) electrons. The topological polar surface area (TPSA) is 3.24 Å². The molecule has 7 rings (SSSR count). The molecule has 5 aromatic rings. The maximum atomic E-state index is 2.62. The molecule has 0 atom stereocenters. The molecule has 3 heterocycles. The van der Waals surface area contributed by atoms with E-state index in [1.54, 1.807) is 0 Å². The van der Waals surface area contributed by atoms with Crippen molar-refractivity contribution in [1.29, 1.82) is 0 Å². The third-order valence-electron chi connectivity index (χ3n) is 10.4. The highest BCUT2D eigenvalue weighted by atomic mass is 32.1. The monoisotopic (exact) mass is 609 g/mol. The lowest BCUT2D eigenvalue weighted by atomic mass is 9.32. The van der Waals surface area contributed by atoms with Crippen LogP contribution < -0.4 is 20.6 Å². The number of benzene rings is 4. The van der Waals surface area contributed by atoms with Crippen molar-refractivity contribution in [2.45, 2.75) is 105 Å². The summed E-state index contributed by atoms with van der Waals surface area (Å²) in [7, 11) is 0. The summed E-state index contributed by atoms with van der Waals surface area (Å²) in [5, 5.41) is 1.36. The van der Waals surface area contributed by atoms with Gasteiger partial charge in [0.2, 0.25) is 0 Å². The quantitative estimate of drug-likeness (QED) is 0.168. The second-order valence-electron chi connectivity index (χ2n) is 17.3. The van der Waals surface area contributed by atoms with Crippen LogP contribution in [0.25, 0.3) is 10.1 Å². The molecule has 0 spiro atoms. The summed E-state index contributed by atoms with van der Waals surface area (Å²) in [6, 6.07) is 28.9. The lowest BCUT2D eigenvalue weighted by Crippen LogP contribution is -2.63. The molecule has 0 saturated heterocycles. The van der Waals surface area contributed by atoms with Crippen molar-refractivity contribution in [3.8, 4) is 0 Å². The van der Waals surface area contributed by atoms with Crippen LogP contribution in [-0.2, 0) is 21.7 Å². The third kappa shape index (κ3) is 4.63. The second-order valence-corrected chi connectivity index (χ2v) is 18.3. The van der Waals surface area contributed by atoms with Crippen LogP contribution in [0.5, 0.6) is 0 Å². The lowest BCUT2D eigenvalue weighted by molar-refractivity contribution is 0.580. The normalized spacial score (nSPS) is 15.6. The van der Waals surface area contributed by atoms with Crippen molar-refractivity contribution >= 4 is 60.9 Å². The van der Waals surface area contributed by atoms with Gasteiger partial charge in [-0.1, -0.05) is 130 Å². The summed E-state index contributed by atoms with van der Waals surface area (Å²) >= 11 is 2.00. The van der Waals surface area contributed by atoms with Gasteiger partial charge in [0, 0.05) is 31.7 Å². The number of anilines is 3. The predicted molar refractivity (Wildman–Crippen MR) is 201 cm³/mol. The first kappa shape index (κ1) is 30.4. The summed E-state index contributed by atoms with van der Waals surface area (Å²) < 4.78 is 2.83. The zero-order chi connectivity index (χ0) is 32.4. The van der Waals surface area contributed by atoms with Gasteiger partial charge in [-0.2, -0.15) is 0 Å². The summed E-state index contributed by atoms with van der Waals surface area (Å²) in [6.45, 7) is 28.3. The number of rotatable bonds is 1. The van der Waals surface area contributed by atoms with Gasteiger partial charge in [-0.15, -0.1) is 11.3 Å². The first-order valence-electron chi connectivity index (χ1n) is 16.6. The SMILES string of the molecule is Cc1ccc2sc3c(c2c1)N(c1ccc(C(C)(C)C)cc1)c1cc(C(C)(C)C)cc2c1B3c1cc(C(C)(C)C)ccc1C2(C)C. The number of fused-ring (bicyclic) bond motifs is 6. The molecule has 1 nitrogen and oxygen atoms in total. The Bertz CT molecular complexity index is 1990. The van der Waals surface area contributed by atoms with Crippen molar-refractivity contribution in [2.24, 2.45) is 0 Å². The maximum Gasteiger partial charge on any atom is 0.260 e. The summed E-state index contributed by atoms with van der Waals surface area (Å²) in [4.78, 5) is 2.62. The fourth-order valence-electron chi connectivity index (χ4n) is 7.63. The van der Waals surface area contributed by atoms with Gasteiger partial charge < -0.3 is 4.90 Å². The molecular weight excluding hydrogens is 561 g/mol. The lowest BCUT2D eigenvalue weighted by Gasteiger charge is -2.46. The van der Waals surface area contributed by atoms with Gasteiger partial charge in [0.15, 0.2) is 0 Å². The molecular formula is C42H48BNS. The van der Waals surface area contributed by atoms with Gasteiger partial charge in [0.05, 0.1) is 5.69 Å². The zero-order valence-corrected chi connectivity index (χ0v) is 30.2. The zero-order valence-electron chi connectivity index (χ0n) is 29.4. The Morgan fingerprint density at radius 2 is 1.27 bits per heavy atom. The van der Waals surface area contributed by atoms with Crippen LogP contribution in [0.4, 0.5) is 17.1 Å². The van der Waals surface area contributed by atoms with Crippen LogP contribution in [0.15, 0.2) is 72.8 Å². The van der Waals surface area contributed by atoms with Crippen LogP contribution in [-0.4, -0.2) is 6.71 Å².